The van der Waals surface area contributed by atoms with E-state index in [1.807, 2.05) is 20.8 Å². The molecule has 0 bridgehead atoms. The van der Waals surface area contributed by atoms with E-state index < -0.39 is 6.04 Å². The molecule has 0 radical (unpaired) electrons. The molecule has 100 valence electrons. The minimum atomic E-state index is -0.423. The Morgan fingerprint density at radius 3 is 2.24 bits per heavy atom. The molecule has 3 N–H and O–H groups in total. The zero-order valence-corrected chi connectivity index (χ0v) is 11.8. The van der Waals surface area contributed by atoms with Crippen LogP contribution in [0.3, 0.4) is 0 Å². The molecule has 0 spiro atoms. The van der Waals surface area contributed by atoms with Crippen molar-refractivity contribution in [2.24, 2.45) is 17.1 Å². The van der Waals surface area contributed by atoms with Crippen molar-refractivity contribution >= 4 is 5.91 Å². The molecule has 2 atom stereocenters. The first-order valence-electron chi connectivity index (χ1n) is 6.88. The smallest absolute Gasteiger partial charge is 0.237 e. The van der Waals surface area contributed by atoms with E-state index in [1.54, 1.807) is 0 Å². The molecule has 0 saturated heterocycles. The van der Waals surface area contributed by atoms with Crippen LogP contribution in [0, 0.1) is 11.3 Å². The third kappa shape index (κ3) is 4.30. The lowest BCUT2D eigenvalue weighted by molar-refractivity contribution is -0.125. The Bertz CT molecular complexity index is 251. The normalized spacial score (nSPS) is 21.9. The molecule has 0 aromatic carbocycles. The Hall–Kier alpha value is -0.570. The SMILES string of the molecule is C[C@H](NC(=O)C(N)C(C)(C)C)C1CCCCC1. The number of hydrogen-bond acceptors (Lipinski definition) is 2. The van der Waals surface area contributed by atoms with Gasteiger partial charge in [0.05, 0.1) is 6.04 Å². The fraction of sp³-hybridized carbons (Fsp3) is 0.929. The first-order chi connectivity index (χ1) is 7.82. The van der Waals surface area contributed by atoms with E-state index in [-0.39, 0.29) is 17.4 Å². The molecular formula is C14H28N2O. The number of carbonyl (C=O) groups excluding carboxylic acids is 1. The van der Waals surface area contributed by atoms with Crippen molar-refractivity contribution in [3.8, 4) is 0 Å². The Morgan fingerprint density at radius 2 is 1.76 bits per heavy atom. The Morgan fingerprint density at radius 1 is 1.24 bits per heavy atom. The van der Waals surface area contributed by atoms with Gasteiger partial charge in [-0.25, -0.2) is 0 Å². The predicted molar refractivity (Wildman–Crippen MR) is 71.6 cm³/mol. The average molecular weight is 240 g/mol. The van der Waals surface area contributed by atoms with Gasteiger partial charge in [0.1, 0.15) is 0 Å². The predicted octanol–water partition coefficient (Wildman–Crippen LogP) is 2.44. The highest BCUT2D eigenvalue weighted by Gasteiger charge is 2.29. The molecule has 1 fully saturated rings. The molecule has 0 heterocycles. The highest BCUT2D eigenvalue weighted by atomic mass is 16.2. The maximum absolute atomic E-state index is 12.0. The van der Waals surface area contributed by atoms with E-state index in [0.717, 1.165) is 0 Å². The quantitative estimate of drug-likeness (QED) is 0.796. The van der Waals surface area contributed by atoms with Gasteiger partial charge in [0.2, 0.25) is 5.91 Å². The van der Waals surface area contributed by atoms with Crippen molar-refractivity contribution in [3.05, 3.63) is 0 Å². The molecule has 3 nitrogen and oxygen atoms in total. The van der Waals surface area contributed by atoms with Crippen LogP contribution < -0.4 is 11.1 Å². The van der Waals surface area contributed by atoms with E-state index in [9.17, 15) is 4.79 Å². The number of carbonyl (C=O) groups is 1. The fourth-order valence-electron chi connectivity index (χ4n) is 2.46. The van der Waals surface area contributed by atoms with Crippen LogP contribution in [0.15, 0.2) is 0 Å². The standard InChI is InChI=1S/C14H28N2O/c1-10(11-8-6-5-7-9-11)16-13(17)12(15)14(2,3)4/h10-12H,5-9,15H2,1-4H3,(H,16,17)/t10-,12?/m0/s1. The van der Waals surface area contributed by atoms with E-state index in [0.29, 0.717) is 5.92 Å². The van der Waals surface area contributed by atoms with Crippen LogP contribution in [-0.4, -0.2) is 18.0 Å². The molecule has 0 aromatic rings. The Balaban J connectivity index is 2.44. The summed E-state index contributed by atoms with van der Waals surface area (Å²) >= 11 is 0. The lowest BCUT2D eigenvalue weighted by Crippen LogP contribution is -2.52. The highest BCUT2D eigenvalue weighted by molar-refractivity contribution is 5.82. The molecule has 17 heavy (non-hydrogen) atoms. The van der Waals surface area contributed by atoms with Gasteiger partial charge >= 0.3 is 0 Å². The van der Waals surface area contributed by atoms with Crippen LogP contribution in [0.25, 0.3) is 0 Å². The first-order valence-corrected chi connectivity index (χ1v) is 6.88. The first kappa shape index (κ1) is 14.5. The molecule has 1 aliphatic carbocycles. The molecule has 0 aliphatic heterocycles. The zero-order valence-electron chi connectivity index (χ0n) is 11.8. The second-order valence-corrected chi connectivity index (χ2v) is 6.54. The van der Waals surface area contributed by atoms with E-state index in [4.69, 9.17) is 5.73 Å². The Kier molecular flexibility index (Phi) is 4.99. The number of rotatable bonds is 3. The number of hydrogen-bond donors (Lipinski definition) is 2. The van der Waals surface area contributed by atoms with Crippen LogP contribution in [0.4, 0.5) is 0 Å². The molecule has 3 heteroatoms. The van der Waals surface area contributed by atoms with Crippen LogP contribution in [0.2, 0.25) is 0 Å². The summed E-state index contributed by atoms with van der Waals surface area (Å²) in [5.41, 5.74) is 5.79. The average Bonchev–Trinajstić information content (AvgIpc) is 2.27. The van der Waals surface area contributed by atoms with Crippen molar-refractivity contribution < 1.29 is 4.79 Å². The molecule has 1 saturated carbocycles. The van der Waals surface area contributed by atoms with Crippen molar-refractivity contribution in [1.82, 2.24) is 5.32 Å². The molecular weight excluding hydrogens is 212 g/mol. The topological polar surface area (TPSA) is 55.1 Å². The van der Waals surface area contributed by atoms with Crippen molar-refractivity contribution in [1.29, 1.82) is 0 Å². The van der Waals surface area contributed by atoms with Gasteiger partial charge in [-0.05, 0) is 31.1 Å². The van der Waals surface area contributed by atoms with Gasteiger partial charge in [-0.3, -0.25) is 4.79 Å². The summed E-state index contributed by atoms with van der Waals surface area (Å²) in [6.07, 6.45) is 6.43. The number of nitrogens with one attached hydrogen (secondary N) is 1. The molecule has 1 aliphatic rings. The van der Waals surface area contributed by atoms with Gasteiger partial charge in [0.15, 0.2) is 0 Å². The molecule has 0 aromatic heterocycles. The summed E-state index contributed by atoms with van der Waals surface area (Å²) in [5.74, 6) is 0.635. The molecule has 1 unspecified atom stereocenters. The van der Waals surface area contributed by atoms with Crippen LogP contribution in [0.1, 0.15) is 59.8 Å². The van der Waals surface area contributed by atoms with Gasteiger partial charge in [-0.2, -0.15) is 0 Å². The summed E-state index contributed by atoms with van der Waals surface area (Å²) in [4.78, 5) is 12.0. The summed E-state index contributed by atoms with van der Waals surface area (Å²) < 4.78 is 0. The summed E-state index contributed by atoms with van der Waals surface area (Å²) in [6.45, 7) is 8.12. The third-order valence-corrected chi connectivity index (χ3v) is 3.94. The lowest BCUT2D eigenvalue weighted by Gasteiger charge is -2.31. The minimum Gasteiger partial charge on any atom is -0.352 e. The summed E-state index contributed by atoms with van der Waals surface area (Å²) in [5, 5.41) is 3.09. The highest BCUT2D eigenvalue weighted by Crippen LogP contribution is 2.26. The largest absolute Gasteiger partial charge is 0.352 e. The summed E-state index contributed by atoms with van der Waals surface area (Å²) in [7, 11) is 0. The Labute approximate surface area is 106 Å². The van der Waals surface area contributed by atoms with Crippen molar-refractivity contribution in [2.75, 3.05) is 0 Å². The second-order valence-electron chi connectivity index (χ2n) is 6.54. The zero-order chi connectivity index (χ0) is 13.1. The van der Waals surface area contributed by atoms with Crippen LogP contribution in [-0.2, 0) is 4.79 Å². The molecule has 1 rings (SSSR count). The second kappa shape index (κ2) is 5.85. The maximum Gasteiger partial charge on any atom is 0.237 e. The molecule has 1 amide bonds. The van der Waals surface area contributed by atoms with Gasteiger partial charge in [-0.15, -0.1) is 0 Å². The fourth-order valence-corrected chi connectivity index (χ4v) is 2.46. The van der Waals surface area contributed by atoms with Gasteiger partial charge < -0.3 is 11.1 Å². The van der Waals surface area contributed by atoms with E-state index in [2.05, 4.69) is 12.2 Å². The monoisotopic (exact) mass is 240 g/mol. The number of amides is 1. The maximum atomic E-state index is 12.0. The van der Waals surface area contributed by atoms with Gasteiger partial charge in [0.25, 0.3) is 0 Å². The van der Waals surface area contributed by atoms with Crippen LogP contribution in [0.5, 0.6) is 0 Å². The lowest BCUT2D eigenvalue weighted by atomic mass is 9.83. The van der Waals surface area contributed by atoms with Gasteiger partial charge in [0, 0.05) is 6.04 Å². The minimum absolute atomic E-state index is 0.00410. The van der Waals surface area contributed by atoms with E-state index in [1.165, 1.54) is 32.1 Å². The van der Waals surface area contributed by atoms with E-state index >= 15 is 0 Å². The van der Waals surface area contributed by atoms with Crippen molar-refractivity contribution in [2.45, 2.75) is 71.9 Å². The van der Waals surface area contributed by atoms with Crippen molar-refractivity contribution in [3.63, 3.8) is 0 Å². The van der Waals surface area contributed by atoms with Crippen LogP contribution >= 0.6 is 0 Å². The third-order valence-electron chi connectivity index (χ3n) is 3.94. The summed E-state index contributed by atoms with van der Waals surface area (Å²) in [6, 6.07) is -0.162. The number of nitrogens with two attached hydrogens (primary N) is 1. The van der Waals surface area contributed by atoms with Gasteiger partial charge in [-0.1, -0.05) is 40.0 Å².